The second-order valence-corrected chi connectivity index (χ2v) is 2.43. The van der Waals surface area contributed by atoms with Crippen molar-refractivity contribution in [2.24, 2.45) is 0 Å². The zero-order valence-corrected chi connectivity index (χ0v) is 5.98. The number of likely N-dealkylation sites (N-methyl/N-ethyl adjacent to an activating group) is 1. The molecule has 1 heterocycles. The molecule has 0 fully saturated rings. The van der Waals surface area contributed by atoms with Crippen LogP contribution in [0, 0.1) is 0 Å². The lowest BCUT2D eigenvalue weighted by Gasteiger charge is -1.89. The molecule has 1 aromatic heterocycles. The predicted octanol–water partition coefficient (Wildman–Crippen LogP) is -0.305. The maximum atomic E-state index is 3.77. The van der Waals surface area contributed by atoms with Crippen molar-refractivity contribution in [1.29, 1.82) is 0 Å². The molecule has 0 saturated heterocycles. The van der Waals surface area contributed by atoms with Gasteiger partial charge in [0, 0.05) is 24.5 Å². The van der Waals surface area contributed by atoms with E-state index in [9.17, 15) is 0 Å². The molecule has 4 nitrogen and oxygen atoms in total. The van der Waals surface area contributed by atoms with E-state index in [2.05, 4.69) is 20.1 Å². The molecule has 0 unspecified atom stereocenters. The summed E-state index contributed by atoms with van der Waals surface area (Å²) in [4.78, 5) is 0. The Morgan fingerprint density at radius 1 is 1.67 bits per heavy atom. The van der Waals surface area contributed by atoms with Crippen LogP contribution in [0.4, 0.5) is 0 Å². The fourth-order valence-corrected chi connectivity index (χ4v) is 0.913. The quantitative estimate of drug-likeness (QED) is 0.632. The molecule has 0 saturated carbocycles. The first-order chi connectivity index (χ1) is 4.43. The molecule has 0 spiro atoms. The van der Waals surface area contributed by atoms with Crippen LogP contribution in [0.3, 0.4) is 0 Å². The van der Waals surface area contributed by atoms with E-state index in [0.29, 0.717) is 0 Å². The van der Waals surface area contributed by atoms with Gasteiger partial charge in [0.1, 0.15) is 5.01 Å². The molecular formula is C4H8N4S. The van der Waals surface area contributed by atoms with E-state index in [-0.39, 0.29) is 0 Å². The molecule has 0 bridgehead atoms. The van der Waals surface area contributed by atoms with Gasteiger partial charge in [0.2, 0.25) is 0 Å². The van der Waals surface area contributed by atoms with Crippen LogP contribution >= 0.6 is 11.5 Å². The average molecular weight is 144 g/mol. The minimum Gasteiger partial charge on any atom is -0.319 e. The third kappa shape index (κ3) is 2.03. The predicted molar refractivity (Wildman–Crippen MR) is 35.3 cm³/mol. The molecule has 1 rings (SSSR count). The van der Waals surface area contributed by atoms with Crippen molar-refractivity contribution in [2.45, 2.75) is 6.42 Å². The van der Waals surface area contributed by atoms with E-state index in [1.54, 1.807) is 0 Å². The second kappa shape index (κ2) is 3.47. The maximum Gasteiger partial charge on any atom is 0.139 e. The van der Waals surface area contributed by atoms with E-state index < -0.39 is 0 Å². The Kier molecular flexibility index (Phi) is 2.53. The number of rotatable bonds is 3. The number of hydrogen-bond acceptors (Lipinski definition) is 5. The molecule has 9 heavy (non-hydrogen) atoms. The summed E-state index contributed by atoms with van der Waals surface area (Å²) in [5.74, 6) is 0. The third-order valence-electron chi connectivity index (χ3n) is 0.928. The Labute approximate surface area is 57.5 Å². The Bertz CT molecular complexity index is 150. The number of nitrogens with one attached hydrogen (secondary N) is 1. The summed E-state index contributed by atoms with van der Waals surface area (Å²) < 4.78 is 3.63. The molecule has 0 aliphatic rings. The highest BCUT2D eigenvalue weighted by Crippen LogP contribution is 1.96. The fraction of sp³-hybridized carbons (Fsp3) is 0.750. The van der Waals surface area contributed by atoms with E-state index >= 15 is 0 Å². The summed E-state index contributed by atoms with van der Waals surface area (Å²) >= 11 is 1.35. The summed E-state index contributed by atoms with van der Waals surface area (Å²) in [6.45, 7) is 0.941. The van der Waals surface area contributed by atoms with Gasteiger partial charge in [-0.05, 0) is 12.3 Å². The lowest BCUT2D eigenvalue weighted by molar-refractivity contribution is 0.774. The van der Waals surface area contributed by atoms with Gasteiger partial charge in [-0.1, -0.05) is 4.49 Å². The van der Waals surface area contributed by atoms with E-state index in [1.165, 1.54) is 11.5 Å². The molecule has 1 N–H and O–H groups in total. The first-order valence-corrected chi connectivity index (χ1v) is 3.49. The summed E-state index contributed by atoms with van der Waals surface area (Å²) in [6.07, 6.45) is 0.925. The standard InChI is InChI=1S/C4H8N4S/c1-5-3-2-4-6-7-8-9-4/h5H,2-3H2,1H3. The van der Waals surface area contributed by atoms with Gasteiger partial charge in [-0.15, -0.1) is 5.10 Å². The molecule has 50 valence electrons. The molecule has 0 amide bonds. The van der Waals surface area contributed by atoms with Crippen LogP contribution < -0.4 is 5.32 Å². The van der Waals surface area contributed by atoms with Gasteiger partial charge in [0.25, 0.3) is 0 Å². The van der Waals surface area contributed by atoms with Gasteiger partial charge in [-0.2, -0.15) is 0 Å². The zero-order chi connectivity index (χ0) is 6.53. The van der Waals surface area contributed by atoms with Crippen molar-refractivity contribution in [3.63, 3.8) is 0 Å². The SMILES string of the molecule is CNCCc1nnns1. The summed E-state index contributed by atoms with van der Waals surface area (Å²) in [5, 5.41) is 11.2. The largest absolute Gasteiger partial charge is 0.319 e. The van der Waals surface area contributed by atoms with E-state index in [4.69, 9.17) is 0 Å². The van der Waals surface area contributed by atoms with E-state index in [1.807, 2.05) is 7.05 Å². The van der Waals surface area contributed by atoms with Gasteiger partial charge in [-0.3, -0.25) is 0 Å². The first-order valence-electron chi connectivity index (χ1n) is 2.72. The van der Waals surface area contributed by atoms with Crippen LogP contribution in [0.15, 0.2) is 0 Å². The second-order valence-electron chi connectivity index (χ2n) is 1.61. The molecule has 0 aliphatic heterocycles. The molecular weight excluding hydrogens is 136 g/mol. The summed E-state index contributed by atoms with van der Waals surface area (Å²) in [5.41, 5.74) is 0. The lowest BCUT2D eigenvalue weighted by atomic mass is 10.4. The van der Waals surface area contributed by atoms with Crippen molar-refractivity contribution < 1.29 is 0 Å². The number of aromatic nitrogens is 3. The van der Waals surface area contributed by atoms with Crippen molar-refractivity contribution in [3.05, 3.63) is 5.01 Å². The highest BCUT2D eigenvalue weighted by Gasteiger charge is 1.94. The van der Waals surface area contributed by atoms with Crippen molar-refractivity contribution in [1.82, 2.24) is 20.1 Å². The van der Waals surface area contributed by atoms with Gasteiger partial charge in [0.15, 0.2) is 0 Å². The zero-order valence-electron chi connectivity index (χ0n) is 5.16. The Morgan fingerprint density at radius 3 is 3.11 bits per heavy atom. The van der Waals surface area contributed by atoms with Gasteiger partial charge >= 0.3 is 0 Å². The topological polar surface area (TPSA) is 50.7 Å². The van der Waals surface area contributed by atoms with E-state index in [0.717, 1.165) is 18.0 Å². The van der Waals surface area contributed by atoms with Gasteiger partial charge in [0.05, 0.1) is 0 Å². The molecule has 0 radical (unpaired) electrons. The van der Waals surface area contributed by atoms with Crippen LogP contribution in [0.25, 0.3) is 0 Å². The van der Waals surface area contributed by atoms with Crippen LogP contribution in [-0.4, -0.2) is 28.4 Å². The molecule has 0 atom stereocenters. The Balaban J connectivity index is 2.30. The minimum atomic E-state index is 0.925. The third-order valence-corrected chi connectivity index (χ3v) is 1.58. The number of hydrogen-bond donors (Lipinski definition) is 1. The molecule has 0 aromatic carbocycles. The van der Waals surface area contributed by atoms with Crippen LogP contribution in [0.2, 0.25) is 0 Å². The monoisotopic (exact) mass is 144 g/mol. The average Bonchev–Trinajstić information content (AvgIpc) is 2.34. The highest BCUT2D eigenvalue weighted by atomic mass is 32.1. The number of nitrogens with zero attached hydrogens (tertiary/aromatic N) is 3. The van der Waals surface area contributed by atoms with Gasteiger partial charge in [-0.25, -0.2) is 0 Å². The maximum absolute atomic E-state index is 3.77. The highest BCUT2D eigenvalue weighted by molar-refractivity contribution is 7.05. The minimum absolute atomic E-state index is 0.925. The molecule has 0 aliphatic carbocycles. The van der Waals surface area contributed by atoms with Crippen LogP contribution in [0.5, 0.6) is 0 Å². The normalized spacial score (nSPS) is 9.89. The Morgan fingerprint density at radius 2 is 2.56 bits per heavy atom. The molecule has 5 heteroatoms. The van der Waals surface area contributed by atoms with Crippen LogP contribution in [0.1, 0.15) is 5.01 Å². The first kappa shape index (κ1) is 6.57. The Hall–Kier alpha value is -0.550. The summed E-state index contributed by atoms with van der Waals surface area (Å²) in [6, 6.07) is 0. The lowest BCUT2D eigenvalue weighted by Crippen LogP contribution is -2.09. The fourth-order valence-electron chi connectivity index (χ4n) is 0.479. The van der Waals surface area contributed by atoms with Crippen molar-refractivity contribution in [2.75, 3.05) is 13.6 Å². The smallest absolute Gasteiger partial charge is 0.139 e. The van der Waals surface area contributed by atoms with Crippen molar-refractivity contribution >= 4 is 11.5 Å². The molecule has 1 aromatic rings. The van der Waals surface area contributed by atoms with Crippen LogP contribution in [-0.2, 0) is 6.42 Å². The van der Waals surface area contributed by atoms with Crippen molar-refractivity contribution in [3.8, 4) is 0 Å². The van der Waals surface area contributed by atoms with Gasteiger partial charge < -0.3 is 5.32 Å². The summed E-state index contributed by atoms with van der Waals surface area (Å²) in [7, 11) is 1.91.